The second-order valence-electron chi connectivity index (χ2n) is 3.90. The van der Waals surface area contributed by atoms with Gasteiger partial charge in [-0.2, -0.15) is 0 Å². The normalized spacial score (nSPS) is 32.4. The minimum absolute atomic E-state index is 0.203. The maximum atomic E-state index is 11.2. The molecule has 0 radical (unpaired) electrons. The molecule has 4 heteroatoms. The van der Waals surface area contributed by atoms with Gasteiger partial charge in [-0.1, -0.05) is 0 Å². The number of hydrogen-bond donors (Lipinski definition) is 1. The van der Waals surface area contributed by atoms with Crippen LogP contribution in [0.15, 0.2) is 0 Å². The average molecular weight is 200 g/mol. The Hall–Kier alpha value is -0.900. The van der Waals surface area contributed by atoms with Gasteiger partial charge in [0.05, 0.1) is 13.0 Å². The van der Waals surface area contributed by atoms with Crippen LogP contribution >= 0.6 is 0 Å². The van der Waals surface area contributed by atoms with E-state index in [9.17, 15) is 14.7 Å². The van der Waals surface area contributed by atoms with Gasteiger partial charge in [0.2, 0.25) is 0 Å². The van der Waals surface area contributed by atoms with Gasteiger partial charge in [-0.15, -0.1) is 0 Å². The second kappa shape index (κ2) is 4.09. The molecule has 4 nitrogen and oxygen atoms in total. The van der Waals surface area contributed by atoms with Gasteiger partial charge in [-0.25, -0.2) is 0 Å². The molecule has 0 bridgehead atoms. The lowest BCUT2D eigenvalue weighted by Crippen LogP contribution is -2.43. The molecule has 1 rings (SSSR count). The molecule has 1 N–H and O–H groups in total. The van der Waals surface area contributed by atoms with Gasteiger partial charge in [-0.05, 0) is 32.6 Å². The fourth-order valence-corrected chi connectivity index (χ4v) is 1.94. The third-order valence-electron chi connectivity index (χ3n) is 2.92. The van der Waals surface area contributed by atoms with Crippen LogP contribution in [0.25, 0.3) is 0 Å². The Balaban J connectivity index is 2.69. The quantitative estimate of drug-likeness (QED) is 0.665. The molecule has 1 aliphatic carbocycles. The monoisotopic (exact) mass is 200 g/mol. The van der Waals surface area contributed by atoms with Crippen LogP contribution < -0.4 is 0 Å². The van der Waals surface area contributed by atoms with E-state index in [-0.39, 0.29) is 24.1 Å². The number of ether oxygens (including phenoxy) is 1. The average Bonchev–Trinajstić information content (AvgIpc) is 2.16. The van der Waals surface area contributed by atoms with Gasteiger partial charge in [0.25, 0.3) is 0 Å². The molecule has 0 aromatic heterocycles. The van der Waals surface area contributed by atoms with Gasteiger partial charge >= 0.3 is 5.97 Å². The van der Waals surface area contributed by atoms with Crippen LogP contribution in [0.2, 0.25) is 0 Å². The molecule has 0 aliphatic heterocycles. The number of carbonyl (C=O) groups is 2. The zero-order valence-electron chi connectivity index (χ0n) is 8.58. The summed E-state index contributed by atoms with van der Waals surface area (Å²) in [6.45, 7) is 1.36. The molecule has 1 aliphatic rings. The van der Waals surface area contributed by atoms with E-state index >= 15 is 0 Å². The number of aliphatic hydroxyl groups is 1. The van der Waals surface area contributed by atoms with Gasteiger partial charge in [0, 0.05) is 0 Å². The van der Waals surface area contributed by atoms with Crippen molar-refractivity contribution in [3.8, 4) is 0 Å². The Labute approximate surface area is 83.2 Å². The molecule has 0 spiro atoms. The van der Waals surface area contributed by atoms with Gasteiger partial charge in [0.15, 0.2) is 5.78 Å². The molecule has 80 valence electrons. The van der Waals surface area contributed by atoms with Crippen molar-refractivity contribution in [1.29, 1.82) is 0 Å². The molecular formula is C10H16O4. The highest BCUT2D eigenvalue weighted by atomic mass is 16.5. The van der Waals surface area contributed by atoms with E-state index in [1.165, 1.54) is 14.0 Å². The van der Waals surface area contributed by atoms with Crippen molar-refractivity contribution >= 4 is 11.8 Å². The summed E-state index contributed by atoms with van der Waals surface area (Å²) in [5, 5.41) is 9.91. The van der Waals surface area contributed by atoms with Gasteiger partial charge < -0.3 is 9.84 Å². The molecule has 1 fully saturated rings. The highest BCUT2D eigenvalue weighted by molar-refractivity contribution is 5.86. The highest BCUT2D eigenvalue weighted by Gasteiger charge is 2.41. The Kier molecular flexibility index (Phi) is 3.26. The molecular weight excluding hydrogens is 184 g/mol. The van der Waals surface area contributed by atoms with Gasteiger partial charge in [0.1, 0.15) is 5.60 Å². The van der Waals surface area contributed by atoms with Crippen molar-refractivity contribution in [2.24, 2.45) is 5.92 Å². The van der Waals surface area contributed by atoms with Crippen molar-refractivity contribution < 1.29 is 19.4 Å². The summed E-state index contributed by atoms with van der Waals surface area (Å²) in [5.41, 5.74) is -1.31. The third-order valence-corrected chi connectivity index (χ3v) is 2.92. The summed E-state index contributed by atoms with van der Waals surface area (Å²) in [6, 6.07) is 0. The SMILES string of the molecule is COC(=O)C1CCCC(O)(C(C)=O)C1. The summed E-state index contributed by atoms with van der Waals surface area (Å²) >= 11 is 0. The number of ketones is 1. The first-order valence-corrected chi connectivity index (χ1v) is 4.81. The highest BCUT2D eigenvalue weighted by Crippen LogP contribution is 2.33. The maximum absolute atomic E-state index is 11.2. The number of hydrogen-bond acceptors (Lipinski definition) is 4. The summed E-state index contributed by atoms with van der Waals surface area (Å²) < 4.78 is 4.60. The lowest BCUT2D eigenvalue weighted by molar-refractivity contribution is -0.154. The zero-order valence-corrected chi connectivity index (χ0v) is 8.58. The van der Waals surface area contributed by atoms with E-state index in [0.717, 1.165) is 0 Å². The topological polar surface area (TPSA) is 63.6 Å². The van der Waals surface area contributed by atoms with Crippen LogP contribution in [0.4, 0.5) is 0 Å². The van der Waals surface area contributed by atoms with Crippen LogP contribution in [0, 0.1) is 5.92 Å². The third kappa shape index (κ3) is 2.12. The summed E-state index contributed by atoms with van der Waals surface area (Å²) in [7, 11) is 1.32. The van der Waals surface area contributed by atoms with Crippen molar-refractivity contribution in [1.82, 2.24) is 0 Å². The molecule has 0 amide bonds. The smallest absolute Gasteiger partial charge is 0.308 e. The largest absolute Gasteiger partial charge is 0.469 e. The number of methoxy groups -OCH3 is 1. The van der Waals surface area contributed by atoms with E-state index in [1.54, 1.807) is 0 Å². The minimum Gasteiger partial charge on any atom is -0.469 e. The lowest BCUT2D eigenvalue weighted by atomic mass is 9.76. The van der Waals surface area contributed by atoms with Crippen molar-refractivity contribution in [3.63, 3.8) is 0 Å². The Morgan fingerprint density at radius 1 is 1.50 bits per heavy atom. The zero-order chi connectivity index (χ0) is 10.8. The Morgan fingerprint density at radius 2 is 2.14 bits per heavy atom. The number of rotatable bonds is 2. The number of esters is 1. The molecule has 1 saturated carbocycles. The second-order valence-corrected chi connectivity index (χ2v) is 3.90. The molecule has 2 atom stereocenters. The van der Waals surface area contributed by atoms with E-state index in [1.807, 2.05) is 0 Å². The Bertz CT molecular complexity index is 249. The van der Waals surface area contributed by atoms with Crippen molar-refractivity contribution in [2.75, 3.05) is 7.11 Å². The first-order valence-electron chi connectivity index (χ1n) is 4.81. The standard InChI is InChI=1S/C10H16O4/c1-7(11)10(13)5-3-4-8(6-10)9(12)14-2/h8,13H,3-6H2,1-2H3. The fourth-order valence-electron chi connectivity index (χ4n) is 1.94. The lowest BCUT2D eigenvalue weighted by Gasteiger charge is -2.33. The summed E-state index contributed by atoms with van der Waals surface area (Å²) in [6.07, 6.45) is 2.04. The van der Waals surface area contributed by atoms with E-state index < -0.39 is 5.60 Å². The van der Waals surface area contributed by atoms with Crippen molar-refractivity contribution in [2.45, 2.75) is 38.2 Å². The van der Waals surface area contributed by atoms with E-state index in [0.29, 0.717) is 19.3 Å². The first kappa shape index (κ1) is 11.2. The van der Waals surface area contributed by atoms with Crippen LogP contribution in [-0.4, -0.2) is 29.6 Å². The molecule has 0 saturated heterocycles. The predicted molar refractivity (Wildman–Crippen MR) is 49.6 cm³/mol. The minimum atomic E-state index is -1.31. The predicted octanol–water partition coefficient (Wildman–Crippen LogP) is 0.670. The molecule has 0 aromatic carbocycles. The van der Waals surface area contributed by atoms with Crippen LogP contribution in [-0.2, 0) is 14.3 Å². The Morgan fingerprint density at radius 3 is 2.64 bits per heavy atom. The van der Waals surface area contributed by atoms with E-state index in [2.05, 4.69) is 4.74 Å². The van der Waals surface area contributed by atoms with E-state index in [4.69, 9.17) is 0 Å². The summed E-state index contributed by atoms with van der Waals surface area (Å²) in [5.74, 6) is -0.918. The molecule has 0 aromatic rings. The van der Waals surface area contributed by atoms with Crippen LogP contribution in [0.5, 0.6) is 0 Å². The molecule has 14 heavy (non-hydrogen) atoms. The van der Waals surface area contributed by atoms with Crippen LogP contribution in [0.1, 0.15) is 32.6 Å². The van der Waals surface area contributed by atoms with Gasteiger partial charge in [-0.3, -0.25) is 9.59 Å². The summed E-state index contributed by atoms with van der Waals surface area (Å²) in [4.78, 5) is 22.4. The fraction of sp³-hybridized carbons (Fsp3) is 0.800. The number of Topliss-reactive ketones (excluding diaryl/α,β-unsaturated/α-hetero) is 1. The maximum Gasteiger partial charge on any atom is 0.308 e. The molecule has 2 unspecified atom stereocenters. The van der Waals surface area contributed by atoms with Crippen LogP contribution in [0.3, 0.4) is 0 Å². The first-order chi connectivity index (χ1) is 6.49. The number of carbonyl (C=O) groups excluding carboxylic acids is 2. The van der Waals surface area contributed by atoms with Crippen molar-refractivity contribution in [3.05, 3.63) is 0 Å². The molecule has 0 heterocycles.